The van der Waals surface area contributed by atoms with Crippen molar-refractivity contribution in [1.29, 1.82) is 0 Å². The van der Waals surface area contributed by atoms with E-state index in [1.165, 1.54) is 44.1 Å². The van der Waals surface area contributed by atoms with E-state index in [9.17, 15) is 0 Å². The Kier molecular flexibility index (Phi) is 2.97. The first-order chi connectivity index (χ1) is 7.64. The molecule has 92 valence electrons. The summed E-state index contributed by atoms with van der Waals surface area (Å²) in [6.07, 6.45) is 1.41. The van der Waals surface area contributed by atoms with Crippen LogP contribution in [0, 0.1) is 17.3 Å². The highest BCUT2D eigenvalue weighted by Crippen LogP contribution is 2.38. The maximum absolute atomic E-state index is 3.53. The lowest BCUT2D eigenvalue weighted by Crippen LogP contribution is -2.43. The van der Waals surface area contributed by atoms with Gasteiger partial charge in [0.05, 0.1) is 0 Å². The Balaban J connectivity index is 1.62. The minimum absolute atomic E-state index is 0.559. The van der Waals surface area contributed by atoms with Gasteiger partial charge in [0.15, 0.2) is 0 Å². The molecule has 0 amide bonds. The molecule has 0 aromatic rings. The smallest absolute Gasteiger partial charge is 0.0192 e. The van der Waals surface area contributed by atoms with Crippen LogP contribution in [0.1, 0.15) is 20.3 Å². The fraction of sp³-hybridized carbons (Fsp3) is 1.00. The van der Waals surface area contributed by atoms with Crippen molar-refractivity contribution in [3.63, 3.8) is 0 Å². The molecule has 3 rings (SSSR count). The lowest BCUT2D eigenvalue weighted by molar-refractivity contribution is 0.180. The SMILES string of the molecule is CC1(C)CSCC(N2CC3CNCC3C2)C1. The quantitative estimate of drug-likeness (QED) is 0.750. The molecule has 3 atom stereocenters. The molecule has 0 aromatic heterocycles. The molecular formula is C13H24N2S. The van der Waals surface area contributed by atoms with Gasteiger partial charge in [0, 0.05) is 24.9 Å². The largest absolute Gasteiger partial charge is 0.316 e. The Morgan fingerprint density at radius 3 is 2.50 bits per heavy atom. The third-order valence-electron chi connectivity index (χ3n) is 4.53. The number of hydrogen-bond donors (Lipinski definition) is 1. The summed E-state index contributed by atoms with van der Waals surface area (Å²) in [5.74, 6) is 4.63. The number of nitrogens with zero attached hydrogens (tertiary/aromatic N) is 1. The standard InChI is InChI=1S/C13H24N2S/c1-13(2)3-12(8-16-9-13)15-6-10-4-14-5-11(10)7-15/h10-12,14H,3-9H2,1-2H3. The fourth-order valence-corrected chi connectivity index (χ4v) is 5.04. The molecule has 3 heteroatoms. The van der Waals surface area contributed by atoms with E-state index in [1.807, 2.05) is 0 Å². The first-order valence-corrected chi connectivity index (χ1v) is 7.82. The summed E-state index contributed by atoms with van der Waals surface area (Å²) in [6.45, 7) is 10.1. The molecule has 0 aromatic carbocycles. The van der Waals surface area contributed by atoms with Crippen LogP contribution in [0.25, 0.3) is 0 Å². The topological polar surface area (TPSA) is 15.3 Å². The molecule has 3 aliphatic rings. The van der Waals surface area contributed by atoms with Gasteiger partial charge in [0.25, 0.3) is 0 Å². The summed E-state index contributed by atoms with van der Waals surface area (Å²) < 4.78 is 0. The van der Waals surface area contributed by atoms with Crippen molar-refractivity contribution in [2.24, 2.45) is 17.3 Å². The van der Waals surface area contributed by atoms with E-state index in [0.29, 0.717) is 5.41 Å². The Hall–Kier alpha value is 0.270. The molecule has 16 heavy (non-hydrogen) atoms. The average molecular weight is 240 g/mol. The molecular weight excluding hydrogens is 216 g/mol. The molecule has 0 bridgehead atoms. The number of hydrogen-bond acceptors (Lipinski definition) is 3. The number of fused-ring (bicyclic) bond motifs is 1. The summed E-state index contributed by atoms with van der Waals surface area (Å²) in [5.41, 5.74) is 0.559. The summed E-state index contributed by atoms with van der Waals surface area (Å²) in [4.78, 5) is 2.80. The molecule has 3 saturated heterocycles. The van der Waals surface area contributed by atoms with Crippen LogP contribution in [0.5, 0.6) is 0 Å². The zero-order valence-corrected chi connectivity index (χ0v) is 11.4. The monoisotopic (exact) mass is 240 g/mol. The maximum atomic E-state index is 3.53. The second-order valence-corrected chi connectivity index (χ2v) is 7.70. The maximum Gasteiger partial charge on any atom is 0.0192 e. The van der Waals surface area contributed by atoms with Crippen LogP contribution in [-0.4, -0.2) is 48.6 Å². The lowest BCUT2D eigenvalue weighted by Gasteiger charge is -2.39. The Labute approximate surface area is 104 Å². The molecule has 0 aliphatic carbocycles. The fourth-order valence-electron chi connectivity index (χ4n) is 3.65. The van der Waals surface area contributed by atoms with Crippen LogP contribution in [0.4, 0.5) is 0 Å². The van der Waals surface area contributed by atoms with E-state index in [2.05, 4.69) is 35.8 Å². The number of likely N-dealkylation sites (tertiary alicyclic amines) is 1. The van der Waals surface area contributed by atoms with Gasteiger partial charge in [-0.25, -0.2) is 0 Å². The first kappa shape index (κ1) is 11.4. The zero-order valence-electron chi connectivity index (χ0n) is 10.5. The van der Waals surface area contributed by atoms with Gasteiger partial charge in [-0.05, 0) is 42.5 Å². The van der Waals surface area contributed by atoms with Crippen molar-refractivity contribution in [3.8, 4) is 0 Å². The number of rotatable bonds is 1. The summed E-state index contributed by atoms with van der Waals surface area (Å²) in [7, 11) is 0. The minimum Gasteiger partial charge on any atom is -0.316 e. The van der Waals surface area contributed by atoms with E-state index in [1.54, 1.807) is 0 Å². The second-order valence-electron chi connectivity index (χ2n) is 6.67. The van der Waals surface area contributed by atoms with Crippen LogP contribution in [0.15, 0.2) is 0 Å². The van der Waals surface area contributed by atoms with Crippen LogP contribution in [-0.2, 0) is 0 Å². The van der Waals surface area contributed by atoms with Crippen molar-refractivity contribution in [2.45, 2.75) is 26.3 Å². The van der Waals surface area contributed by atoms with Gasteiger partial charge >= 0.3 is 0 Å². The van der Waals surface area contributed by atoms with Gasteiger partial charge < -0.3 is 5.32 Å². The van der Waals surface area contributed by atoms with Gasteiger partial charge in [-0.15, -0.1) is 0 Å². The minimum atomic E-state index is 0.559. The van der Waals surface area contributed by atoms with E-state index in [0.717, 1.165) is 17.9 Å². The van der Waals surface area contributed by atoms with Gasteiger partial charge in [-0.2, -0.15) is 11.8 Å². The Bertz CT molecular complexity index is 255. The molecule has 3 fully saturated rings. The van der Waals surface area contributed by atoms with Gasteiger partial charge in [0.2, 0.25) is 0 Å². The third kappa shape index (κ3) is 2.14. The summed E-state index contributed by atoms with van der Waals surface area (Å²) in [6, 6.07) is 0.861. The van der Waals surface area contributed by atoms with Crippen molar-refractivity contribution in [3.05, 3.63) is 0 Å². The highest BCUT2D eigenvalue weighted by atomic mass is 32.2. The van der Waals surface area contributed by atoms with Gasteiger partial charge in [-0.3, -0.25) is 4.90 Å². The third-order valence-corrected chi connectivity index (χ3v) is 6.13. The Morgan fingerprint density at radius 1 is 1.19 bits per heavy atom. The molecule has 3 aliphatic heterocycles. The molecule has 0 spiro atoms. The first-order valence-electron chi connectivity index (χ1n) is 6.67. The zero-order chi connectivity index (χ0) is 11.2. The highest BCUT2D eigenvalue weighted by molar-refractivity contribution is 7.99. The van der Waals surface area contributed by atoms with E-state index < -0.39 is 0 Å². The van der Waals surface area contributed by atoms with Crippen molar-refractivity contribution < 1.29 is 0 Å². The molecule has 3 heterocycles. The normalized spacial score (nSPS) is 43.5. The molecule has 0 saturated carbocycles. The van der Waals surface area contributed by atoms with Crippen LogP contribution in [0.2, 0.25) is 0 Å². The van der Waals surface area contributed by atoms with E-state index in [4.69, 9.17) is 0 Å². The lowest BCUT2D eigenvalue weighted by atomic mass is 9.87. The predicted octanol–water partition coefficient (Wildman–Crippen LogP) is 1.67. The highest BCUT2D eigenvalue weighted by Gasteiger charge is 2.41. The summed E-state index contributed by atoms with van der Waals surface area (Å²) >= 11 is 2.17. The molecule has 1 N–H and O–H groups in total. The van der Waals surface area contributed by atoms with Crippen molar-refractivity contribution >= 4 is 11.8 Å². The van der Waals surface area contributed by atoms with Crippen LogP contribution in [0.3, 0.4) is 0 Å². The van der Waals surface area contributed by atoms with E-state index in [-0.39, 0.29) is 0 Å². The molecule has 2 nitrogen and oxygen atoms in total. The van der Waals surface area contributed by atoms with Crippen molar-refractivity contribution in [2.75, 3.05) is 37.7 Å². The van der Waals surface area contributed by atoms with Gasteiger partial charge in [-0.1, -0.05) is 13.8 Å². The average Bonchev–Trinajstić information content (AvgIpc) is 2.74. The van der Waals surface area contributed by atoms with Gasteiger partial charge in [0.1, 0.15) is 0 Å². The number of nitrogens with one attached hydrogen (secondary N) is 1. The molecule has 3 unspecified atom stereocenters. The second kappa shape index (κ2) is 4.18. The van der Waals surface area contributed by atoms with Crippen LogP contribution >= 0.6 is 11.8 Å². The van der Waals surface area contributed by atoms with Crippen LogP contribution < -0.4 is 5.32 Å². The number of thioether (sulfide) groups is 1. The molecule has 0 radical (unpaired) electrons. The summed E-state index contributed by atoms with van der Waals surface area (Å²) in [5, 5.41) is 3.53. The Morgan fingerprint density at radius 2 is 1.88 bits per heavy atom. The van der Waals surface area contributed by atoms with E-state index >= 15 is 0 Å². The predicted molar refractivity (Wildman–Crippen MR) is 70.9 cm³/mol. The van der Waals surface area contributed by atoms with Crippen molar-refractivity contribution in [1.82, 2.24) is 10.2 Å².